The van der Waals surface area contributed by atoms with Crippen LogP contribution in [-0.2, 0) is 0 Å². The van der Waals surface area contributed by atoms with Gasteiger partial charge in [0.1, 0.15) is 0 Å². The monoisotopic (exact) mass is 316 g/mol. The van der Waals surface area contributed by atoms with Gasteiger partial charge < -0.3 is 10.6 Å². The molecule has 1 saturated heterocycles. The molecule has 1 aliphatic carbocycles. The van der Waals surface area contributed by atoms with Gasteiger partial charge in [0.15, 0.2) is 5.82 Å². The first-order valence-electron chi connectivity index (χ1n) is 7.29. The summed E-state index contributed by atoms with van der Waals surface area (Å²) < 4.78 is 13.4. The highest BCUT2D eigenvalue weighted by molar-refractivity contribution is 6.35. The van der Waals surface area contributed by atoms with Gasteiger partial charge in [0.05, 0.1) is 10.0 Å². The third kappa shape index (κ3) is 2.90. The van der Waals surface area contributed by atoms with Crippen LogP contribution in [0.25, 0.3) is 0 Å². The molecular formula is C15H19Cl2FN2. The second-order valence-electron chi connectivity index (χ2n) is 5.80. The van der Waals surface area contributed by atoms with Gasteiger partial charge in [0, 0.05) is 17.8 Å². The first-order chi connectivity index (χ1) is 9.65. The summed E-state index contributed by atoms with van der Waals surface area (Å²) in [4.78, 5) is 0. The van der Waals surface area contributed by atoms with Crippen LogP contribution < -0.4 is 10.6 Å². The fraction of sp³-hybridized carbons (Fsp3) is 0.600. The number of halogens is 3. The van der Waals surface area contributed by atoms with E-state index >= 15 is 0 Å². The SMILES string of the molecule is Fc1c(Cl)cc(NC2CCCC2C2CCCN2)cc1Cl. The Balaban J connectivity index is 1.73. The van der Waals surface area contributed by atoms with Crippen molar-refractivity contribution in [3.05, 3.63) is 28.0 Å². The molecule has 2 aliphatic rings. The van der Waals surface area contributed by atoms with E-state index < -0.39 is 5.82 Å². The predicted molar refractivity (Wildman–Crippen MR) is 82.2 cm³/mol. The van der Waals surface area contributed by atoms with E-state index in [1.54, 1.807) is 12.1 Å². The minimum absolute atomic E-state index is 0.0774. The molecule has 1 aromatic rings. The summed E-state index contributed by atoms with van der Waals surface area (Å²) in [6.07, 6.45) is 6.16. The molecule has 110 valence electrons. The van der Waals surface area contributed by atoms with Crippen LogP contribution in [0.3, 0.4) is 0 Å². The van der Waals surface area contributed by atoms with Crippen molar-refractivity contribution in [2.24, 2.45) is 5.92 Å². The van der Waals surface area contributed by atoms with Crippen molar-refractivity contribution in [3.63, 3.8) is 0 Å². The summed E-state index contributed by atoms with van der Waals surface area (Å²) in [5, 5.41) is 7.25. The van der Waals surface area contributed by atoms with Gasteiger partial charge in [0.25, 0.3) is 0 Å². The smallest absolute Gasteiger partial charge is 0.160 e. The van der Waals surface area contributed by atoms with Crippen molar-refractivity contribution in [3.8, 4) is 0 Å². The molecule has 1 aliphatic heterocycles. The van der Waals surface area contributed by atoms with Crippen molar-refractivity contribution >= 4 is 28.9 Å². The van der Waals surface area contributed by atoms with Crippen molar-refractivity contribution < 1.29 is 4.39 Å². The van der Waals surface area contributed by atoms with E-state index in [-0.39, 0.29) is 10.0 Å². The van der Waals surface area contributed by atoms with Gasteiger partial charge in [-0.2, -0.15) is 0 Å². The highest BCUT2D eigenvalue weighted by atomic mass is 35.5. The molecule has 0 radical (unpaired) electrons. The summed E-state index contributed by atoms with van der Waals surface area (Å²) in [6, 6.07) is 4.28. The highest BCUT2D eigenvalue weighted by Gasteiger charge is 2.34. The molecular weight excluding hydrogens is 298 g/mol. The van der Waals surface area contributed by atoms with Crippen molar-refractivity contribution in [2.45, 2.75) is 44.2 Å². The number of hydrogen-bond donors (Lipinski definition) is 2. The average Bonchev–Trinajstić information content (AvgIpc) is 3.05. The van der Waals surface area contributed by atoms with Gasteiger partial charge in [-0.15, -0.1) is 0 Å². The van der Waals surface area contributed by atoms with E-state index in [0.717, 1.165) is 18.7 Å². The highest BCUT2D eigenvalue weighted by Crippen LogP contribution is 2.35. The van der Waals surface area contributed by atoms with Crippen LogP contribution in [0.1, 0.15) is 32.1 Å². The predicted octanol–water partition coefficient (Wildman–Crippen LogP) is 4.47. The number of anilines is 1. The Kier molecular flexibility index (Phi) is 4.39. The summed E-state index contributed by atoms with van der Waals surface area (Å²) in [7, 11) is 0. The van der Waals surface area contributed by atoms with Crippen LogP contribution in [0.4, 0.5) is 10.1 Å². The molecule has 0 spiro atoms. The lowest BCUT2D eigenvalue weighted by molar-refractivity contribution is 0.376. The number of benzene rings is 1. The fourth-order valence-electron chi connectivity index (χ4n) is 3.58. The molecule has 3 atom stereocenters. The summed E-state index contributed by atoms with van der Waals surface area (Å²) in [6.45, 7) is 1.13. The molecule has 1 heterocycles. The zero-order valence-electron chi connectivity index (χ0n) is 11.3. The maximum atomic E-state index is 13.4. The normalized spacial score (nSPS) is 29.9. The molecule has 3 unspecified atom stereocenters. The molecule has 3 rings (SSSR count). The van der Waals surface area contributed by atoms with Gasteiger partial charge >= 0.3 is 0 Å². The molecule has 0 bridgehead atoms. The minimum Gasteiger partial charge on any atom is -0.382 e. The first kappa shape index (κ1) is 14.4. The molecule has 20 heavy (non-hydrogen) atoms. The third-order valence-electron chi connectivity index (χ3n) is 4.52. The lowest BCUT2D eigenvalue weighted by Gasteiger charge is -2.27. The van der Waals surface area contributed by atoms with Crippen LogP contribution in [0.2, 0.25) is 10.0 Å². The second kappa shape index (κ2) is 6.08. The largest absolute Gasteiger partial charge is 0.382 e. The van der Waals surface area contributed by atoms with Gasteiger partial charge in [-0.1, -0.05) is 29.6 Å². The summed E-state index contributed by atoms with van der Waals surface area (Å²) >= 11 is 11.7. The van der Waals surface area contributed by atoms with Crippen molar-refractivity contribution in [2.75, 3.05) is 11.9 Å². The summed E-state index contributed by atoms with van der Waals surface area (Å²) in [5.74, 6) is 0.0967. The standard InChI is InChI=1S/C15H19Cl2FN2/c16-11-7-9(8-12(17)15(11)18)20-14-4-1-3-10(14)13-5-2-6-19-13/h7-8,10,13-14,19-20H,1-6H2. The molecule has 1 saturated carbocycles. The molecule has 2 fully saturated rings. The molecule has 1 aromatic carbocycles. The number of rotatable bonds is 3. The maximum Gasteiger partial charge on any atom is 0.160 e. The van der Waals surface area contributed by atoms with Crippen LogP contribution in [0.15, 0.2) is 12.1 Å². The van der Waals surface area contributed by atoms with E-state index in [1.807, 2.05) is 0 Å². The molecule has 5 heteroatoms. The van der Waals surface area contributed by atoms with Crippen LogP contribution >= 0.6 is 23.2 Å². The van der Waals surface area contributed by atoms with Crippen LogP contribution in [0, 0.1) is 11.7 Å². The van der Waals surface area contributed by atoms with Gasteiger partial charge in [-0.3, -0.25) is 0 Å². The Morgan fingerprint density at radius 3 is 2.50 bits per heavy atom. The van der Waals surface area contributed by atoms with Crippen molar-refractivity contribution in [1.29, 1.82) is 0 Å². The van der Waals surface area contributed by atoms with E-state index in [1.165, 1.54) is 25.7 Å². The van der Waals surface area contributed by atoms with E-state index in [2.05, 4.69) is 10.6 Å². The number of nitrogens with one attached hydrogen (secondary N) is 2. The number of hydrogen-bond acceptors (Lipinski definition) is 2. The second-order valence-corrected chi connectivity index (χ2v) is 6.62. The Labute approximate surface area is 129 Å². The Hall–Kier alpha value is -0.510. The zero-order chi connectivity index (χ0) is 14.1. The van der Waals surface area contributed by atoms with Crippen molar-refractivity contribution in [1.82, 2.24) is 5.32 Å². The van der Waals surface area contributed by atoms with Crippen LogP contribution in [0.5, 0.6) is 0 Å². The summed E-state index contributed by atoms with van der Waals surface area (Å²) in [5.41, 5.74) is 0.816. The Morgan fingerprint density at radius 2 is 1.85 bits per heavy atom. The van der Waals surface area contributed by atoms with E-state index in [9.17, 15) is 4.39 Å². The maximum absolute atomic E-state index is 13.4. The average molecular weight is 317 g/mol. The van der Waals surface area contributed by atoms with Gasteiger partial charge in [0.2, 0.25) is 0 Å². The minimum atomic E-state index is -0.542. The molecule has 0 aromatic heterocycles. The quantitative estimate of drug-likeness (QED) is 0.804. The Bertz CT molecular complexity index is 466. The van der Waals surface area contributed by atoms with Crippen LogP contribution in [-0.4, -0.2) is 18.6 Å². The molecule has 0 amide bonds. The lowest BCUT2D eigenvalue weighted by atomic mass is 9.93. The van der Waals surface area contributed by atoms with Gasteiger partial charge in [-0.05, 0) is 50.3 Å². The third-order valence-corrected chi connectivity index (χ3v) is 5.07. The van der Waals surface area contributed by atoms with E-state index in [0.29, 0.717) is 18.0 Å². The first-order valence-corrected chi connectivity index (χ1v) is 8.05. The zero-order valence-corrected chi connectivity index (χ0v) is 12.8. The topological polar surface area (TPSA) is 24.1 Å². The van der Waals surface area contributed by atoms with E-state index in [4.69, 9.17) is 23.2 Å². The lowest BCUT2D eigenvalue weighted by Crippen LogP contribution is -2.38. The fourth-order valence-corrected chi connectivity index (χ4v) is 4.07. The Morgan fingerprint density at radius 1 is 1.10 bits per heavy atom. The molecule has 2 nitrogen and oxygen atoms in total. The van der Waals surface area contributed by atoms with Gasteiger partial charge in [-0.25, -0.2) is 4.39 Å². The molecule has 2 N–H and O–H groups in total.